The van der Waals surface area contributed by atoms with Crippen molar-refractivity contribution in [1.82, 2.24) is 9.80 Å². The third-order valence-electron chi connectivity index (χ3n) is 3.45. The second kappa shape index (κ2) is 9.30. The average Bonchev–Trinajstić information content (AvgIpc) is 2.91. The highest BCUT2D eigenvalue weighted by molar-refractivity contribution is 6.07. The second-order valence-corrected chi connectivity index (χ2v) is 5.27. The maximum Gasteiger partial charge on any atom is 0.326 e. The molecule has 0 unspecified atom stereocenters. The van der Waals surface area contributed by atoms with Crippen LogP contribution in [0.5, 0.6) is 0 Å². The SMILES string of the molecule is CCOC(=O)CN1C(=O)CN(CC(=O)OC)C1=NN=Cc1ccccc1. The Morgan fingerprint density at radius 3 is 2.58 bits per heavy atom. The number of amides is 1. The Bertz CT molecular complexity index is 717. The van der Waals surface area contributed by atoms with Crippen LogP contribution in [0.4, 0.5) is 0 Å². The van der Waals surface area contributed by atoms with E-state index in [9.17, 15) is 14.4 Å². The zero-order valence-corrected chi connectivity index (χ0v) is 14.6. The smallest absolute Gasteiger partial charge is 0.326 e. The molecule has 9 heteroatoms. The Morgan fingerprint density at radius 2 is 1.92 bits per heavy atom. The minimum absolute atomic E-state index is 0.0978. The van der Waals surface area contributed by atoms with Crippen LogP contribution >= 0.6 is 0 Å². The summed E-state index contributed by atoms with van der Waals surface area (Å²) in [7, 11) is 1.25. The van der Waals surface area contributed by atoms with Gasteiger partial charge in [-0.25, -0.2) is 0 Å². The molecule has 1 amide bonds. The molecular weight excluding hydrogens is 340 g/mol. The second-order valence-electron chi connectivity index (χ2n) is 5.27. The van der Waals surface area contributed by atoms with Crippen LogP contribution in [-0.2, 0) is 23.9 Å². The van der Waals surface area contributed by atoms with Crippen molar-refractivity contribution in [1.29, 1.82) is 0 Å². The maximum absolute atomic E-state index is 12.2. The average molecular weight is 360 g/mol. The molecule has 0 spiro atoms. The monoisotopic (exact) mass is 360 g/mol. The predicted octanol–water partition coefficient (Wildman–Crippen LogP) is 0.257. The van der Waals surface area contributed by atoms with E-state index >= 15 is 0 Å². The summed E-state index contributed by atoms with van der Waals surface area (Å²) < 4.78 is 9.50. The van der Waals surface area contributed by atoms with Gasteiger partial charge in [0.2, 0.25) is 11.9 Å². The van der Waals surface area contributed by atoms with E-state index in [4.69, 9.17) is 4.74 Å². The first-order chi connectivity index (χ1) is 12.5. The van der Waals surface area contributed by atoms with Crippen molar-refractivity contribution in [2.75, 3.05) is 33.4 Å². The van der Waals surface area contributed by atoms with Gasteiger partial charge in [-0.05, 0) is 12.5 Å². The van der Waals surface area contributed by atoms with E-state index in [1.807, 2.05) is 30.3 Å². The molecule has 1 heterocycles. The first-order valence-corrected chi connectivity index (χ1v) is 7.99. The molecule has 1 fully saturated rings. The minimum Gasteiger partial charge on any atom is -0.468 e. The largest absolute Gasteiger partial charge is 0.468 e. The van der Waals surface area contributed by atoms with Gasteiger partial charge >= 0.3 is 11.9 Å². The fraction of sp³-hybridized carbons (Fsp3) is 0.353. The third-order valence-corrected chi connectivity index (χ3v) is 3.45. The summed E-state index contributed by atoms with van der Waals surface area (Å²) in [4.78, 5) is 38.1. The zero-order chi connectivity index (χ0) is 18.9. The van der Waals surface area contributed by atoms with Crippen LogP contribution in [0.25, 0.3) is 0 Å². The first-order valence-electron chi connectivity index (χ1n) is 7.99. The van der Waals surface area contributed by atoms with E-state index in [1.165, 1.54) is 18.2 Å². The van der Waals surface area contributed by atoms with Crippen LogP contribution in [0.1, 0.15) is 12.5 Å². The standard InChI is InChI=1S/C17H20N4O5/c1-3-26-16(24)12-21-14(22)10-20(11-15(23)25-2)17(21)19-18-9-13-7-5-4-6-8-13/h4-9H,3,10-12H2,1-2H3. The molecule has 0 bridgehead atoms. The Labute approximate surface area is 150 Å². The van der Waals surface area contributed by atoms with E-state index in [2.05, 4.69) is 14.9 Å². The maximum atomic E-state index is 12.2. The van der Waals surface area contributed by atoms with Gasteiger partial charge in [0, 0.05) is 0 Å². The molecule has 138 valence electrons. The van der Waals surface area contributed by atoms with Crippen molar-refractivity contribution in [3.05, 3.63) is 35.9 Å². The summed E-state index contributed by atoms with van der Waals surface area (Å²) in [6.45, 7) is 1.29. The van der Waals surface area contributed by atoms with Crippen molar-refractivity contribution in [2.45, 2.75) is 6.92 Å². The lowest BCUT2D eigenvalue weighted by molar-refractivity contribution is -0.146. The molecule has 2 rings (SSSR count). The van der Waals surface area contributed by atoms with Gasteiger partial charge in [-0.2, -0.15) is 5.10 Å². The summed E-state index contributed by atoms with van der Waals surface area (Å²) in [5.74, 6) is -1.38. The number of ether oxygens (including phenoxy) is 2. The Kier molecular flexibility index (Phi) is 6.84. The molecule has 0 radical (unpaired) electrons. The molecule has 1 aromatic carbocycles. The van der Waals surface area contributed by atoms with Crippen LogP contribution in [0, 0.1) is 0 Å². The van der Waals surface area contributed by atoms with E-state index in [0.717, 1.165) is 10.5 Å². The molecule has 1 aliphatic heterocycles. The fourth-order valence-corrected chi connectivity index (χ4v) is 2.25. The number of carbonyl (C=O) groups is 3. The number of carbonyl (C=O) groups excluding carboxylic acids is 3. The van der Waals surface area contributed by atoms with Crippen molar-refractivity contribution in [3.63, 3.8) is 0 Å². The zero-order valence-electron chi connectivity index (χ0n) is 14.6. The number of hydrogen-bond donors (Lipinski definition) is 0. The van der Waals surface area contributed by atoms with E-state index in [0.29, 0.717) is 0 Å². The van der Waals surface area contributed by atoms with Gasteiger partial charge in [0.25, 0.3) is 0 Å². The quantitative estimate of drug-likeness (QED) is 0.393. The molecule has 1 saturated heterocycles. The molecule has 1 aromatic rings. The summed E-state index contributed by atoms with van der Waals surface area (Å²) in [5.41, 5.74) is 0.817. The highest BCUT2D eigenvalue weighted by atomic mass is 16.5. The number of nitrogens with zero attached hydrogens (tertiary/aromatic N) is 4. The van der Waals surface area contributed by atoms with Gasteiger partial charge in [-0.15, -0.1) is 5.10 Å². The van der Waals surface area contributed by atoms with Gasteiger partial charge in [0.05, 0.1) is 19.9 Å². The van der Waals surface area contributed by atoms with Crippen molar-refractivity contribution in [2.24, 2.45) is 10.2 Å². The van der Waals surface area contributed by atoms with Crippen molar-refractivity contribution in [3.8, 4) is 0 Å². The molecule has 0 saturated carbocycles. The Hall–Kier alpha value is -3.23. The molecule has 9 nitrogen and oxygen atoms in total. The van der Waals surface area contributed by atoms with Crippen LogP contribution in [0.15, 0.2) is 40.5 Å². The number of hydrogen-bond acceptors (Lipinski definition) is 7. The van der Waals surface area contributed by atoms with Gasteiger partial charge < -0.3 is 14.4 Å². The number of rotatable bonds is 7. The molecular formula is C17H20N4O5. The van der Waals surface area contributed by atoms with Gasteiger partial charge in [-0.1, -0.05) is 30.3 Å². The molecule has 1 aliphatic rings. The van der Waals surface area contributed by atoms with Crippen molar-refractivity contribution >= 4 is 30.0 Å². The molecule has 26 heavy (non-hydrogen) atoms. The topological polar surface area (TPSA) is 101 Å². The summed E-state index contributed by atoms with van der Waals surface area (Å²) in [5, 5.41) is 8.00. The predicted molar refractivity (Wildman–Crippen MR) is 93.4 cm³/mol. The highest BCUT2D eigenvalue weighted by Crippen LogP contribution is 2.11. The van der Waals surface area contributed by atoms with Gasteiger partial charge in [-0.3, -0.25) is 19.3 Å². The van der Waals surface area contributed by atoms with Crippen LogP contribution < -0.4 is 0 Å². The van der Waals surface area contributed by atoms with E-state index in [1.54, 1.807) is 6.92 Å². The van der Waals surface area contributed by atoms with Crippen molar-refractivity contribution < 1.29 is 23.9 Å². The van der Waals surface area contributed by atoms with E-state index in [-0.39, 0.29) is 38.1 Å². The van der Waals surface area contributed by atoms with Gasteiger partial charge in [0.1, 0.15) is 19.6 Å². The number of esters is 2. The summed E-state index contributed by atoms with van der Waals surface area (Å²) in [6, 6.07) is 9.25. The van der Waals surface area contributed by atoms with Crippen LogP contribution in [0.3, 0.4) is 0 Å². The summed E-state index contributed by atoms with van der Waals surface area (Å²) in [6.07, 6.45) is 1.51. The normalized spacial score (nSPS) is 15.8. The lowest BCUT2D eigenvalue weighted by Gasteiger charge is -2.19. The highest BCUT2D eigenvalue weighted by Gasteiger charge is 2.37. The van der Waals surface area contributed by atoms with Crippen LogP contribution in [-0.4, -0.2) is 73.2 Å². The number of methoxy groups -OCH3 is 1. The van der Waals surface area contributed by atoms with E-state index < -0.39 is 11.9 Å². The summed E-state index contributed by atoms with van der Waals surface area (Å²) >= 11 is 0. The molecule has 0 aromatic heterocycles. The Morgan fingerprint density at radius 1 is 1.19 bits per heavy atom. The third kappa shape index (κ3) is 5.13. The Balaban J connectivity index is 2.22. The van der Waals surface area contributed by atoms with Gasteiger partial charge in [0.15, 0.2) is 0 Å². The lowest BCUT2D eigenvalue weighted by atomic mass is 10.2. The minimum atomic E-state index is -0.569. The molecule has 0 N–H and O–H groups in total. The number of guanidine groups is 1. The van der Waals surface area contributed by atoms with Crippen LogP contribution in [0.2, 0.25) is 0 Å². The number of benzene rings is 1. The molecule has 0 aliphatic carbocycles. The first kappa shape index (κ1) is 19.1. The molecule has 0 atom stereocenters. The fourth-order valence-electron chi connectivity index (χ4n) is 2.25. The lowest BCUT2D eigenvalue weighted by Crippen LogP contribution is -2.40.